The molecule has 2 heterocycles. The van der Waals surface area contributed by atoms with Gasteiger partial charge in [-0.05, 0) is 19.9 Å². The average molecular weight is 224 g/mol. The molecular weight excluding hydrogens is 204 g/mol. The Labute approximate surface area is 96.2 Å². The van der Waals surface area contributed by atoms with Crippen LogP contribution in [0.1, 0.15) is 32.4 Å². The fourth-order valence-electron chi connectivity index (χ4n) is 2.69. The van der Waals surface area contributed by atoms with Crippen LogP contribution in [0, 0.1) is 0 Å². The Hall–Kier alpha value is -0.870. The normalized spacial score (nSPS) is 35.2. The monoisotopic (exact) mass is 224 g/mol. The fourth-order valence-corrected chi connectivity index (χ4v) is 2.69. The Morgan fingerprint density at radius 3 is 2.62 bits per heavy atom. The summed E-state index contributed by atoms with van der Waals surface area (Å²) < 4.78 is 7.41. The van der Waals surface area contributed by atoms with Gasteiger partial charge >= 0.3 is 0 Å². The van der Waals surface area contributed by atoms with Crippen molar-refractivity contribution >= 4 is 0 Å². The molecule has 4 heteroatoms. The van der Waals surface area contributed by atoms with Gasteiger partial charge in [-0.15, -0.1) is 0 Å². The molecule has 16 heavy (non-hydrogen) atoms. The molecule has 0 aromatic carbocycles. The molecule has 0 amide bonds. The largest absolute Gasteiger partial charge is 0.389 e. The van der Waals surface area contributed by atoms with Crippen LogP contribution in [0.4, 0.5) is 0 Å². The van der Waals surface area contributed by atoms with E-state index in [4.69, 9.17) is 4.74 Å². The van der Waals surface area contributed by atoms with Crippen molar-refractivity contribution in [2.75, 3.05) is 0 Å². The second-order valence-corrected chi connectivity index (χ2v) is 5.05. The van der Waals surface area contributed by atoms with Gasteiger partial charge in [-0.2, -0.15) is 5.10 Å². The molecule has 0 aliphatic carbocycles. The van der Waals surface area contributed by atoms with Gasteiger partial charge in [0.1, 0.15) is 0 Å². The average Bonchev–Trinajstić information content (AvgIpc) is 2.47. The first-order chi connectivity index (χ1) is 7.47. The van der Waals surface area contributed by atoms with Crippen molar-refractivity contribution in [3.05, 3.63) is 18.0 Å². The minimum Gasteiger partial charge on any atom is -0.389 e. The molecule has 1 saturated heterocycles. The van der Waals surface area contributed by atoms with Crippen LogP contribution in [0.25, 0.3) is 0 Å². The summed E-state index contributed by atoms with van der Waals surface area (Å²) in [5, 5.41) is 14.9. The Morgan fingerprint density at radius 1 is 1.50 bits per heavy atom. The van der Waals surface area contributed by atoms with Crippen LogP contribution in [0.5, 0.6) is 0 Å². The number of rotatable bonds is 2. The zero-order valence-electron chi connectivity index (χ0n) is 10.2. The third-order valence-electron chi connectivity index (χ3n) is 3.08. The van der Waals surface area contributed by atoms with Crippen LogP contribution >= 0.6 is 0 Å². The lowest BCUT2D eigenvalue weighted by atomic mass is 9.84. The van der Waals surface area contributed by atoms with Crippen LogP contribution in [0.3, 0.4) is 0 Å². The number of aryl methyl sites for hydroxylation is 1. The molecule has 4 nitrogen and oxygen atoms in total. The Kier molecular flexibility index (Phi) is 3.04. The zero-order chi connectivity index (χ0) is 11.8. The molecule has 1 aromatic heterocycles. The van der Waals surface area contributed by atoms with E-state index in [9.17, 15) is 5.11 Å². The molecule has 1 aliphatic rings. The van der Waals surface area contributed by atoms with E-state index >= 15 is 0 Å². The maximum atomic E-state index is 10.5. The first-order valence-corrected chi connectivity index (χ1v) is 5.83. The third kappa shape index (κ3) is 2.62. The third-order valence-corrected chi connectivity index (χ3v) is 3.08. The maximum Gasteiger partial charge on any atom is 0.0752 e. The molecule has 1 aromatic rings. The summed E-state index contributed by atoms with van der Waals surface area (Å²) >= 11 is 0. The van der Waals surface area contributed by atoms with Crippen LogP contribution in [0.2, 0.25) is 0 Å². The topological polar surface area (TPSA) is 47.3 Å². The lowest BCUT2D eigenvalue weighted by molar-refractivity contribution is -0.131. The highest BCUT2D eigenvalue weighted by Gasteiger charge is 2.37. The maximum absolute atomic E-state index is 10.5. The number of hydrogen-bond donors (Lipinski definition) is 1. The molecule has 2 atom stereocenters. The van der Waals surface area contributed by atoms with Gasteiger partial charge in [0.15, 0.2) is 0 Å². The second kappa shape index (κ2) is 4.18. The summed E-state index contributed by atoms with van der Waals surface area (Å²) in [5.74, 6) is 0. The first-order valence-electron chi connectivity index (χ1n) is 5.83. The number of aliphatic hydroxyl groups is 1. The minimum atomic E-state index is -0.661. The molecule has 2 rings (SSSR count). The molecule has 0 saturated carbocycles. The van der Waals surface area contributed by atoms with Crippen LogP contribution in [-0.4, -0.2) is 32.7 Å². The number of ether oxygens (including phenoxy) is 1. The van der Waals surface area contributed by atoms with Crippen molar-refractivity contribution in [1.29, 1.82) is 0 Å². The van der Waals surface area contributed by atoms with Crippen molar-refractivity contribution < 1.29 is 9.84 Å². The fraction of sp³-hybridized carbons (Fsp3) is 0.750. The van der Waals surface area contributed by atoms with Crippen molar-refractivity contribution in [3.63, 3.8) is 0 Å². The van der Waals surface area contributed by atoms with E-state index in [-0.39, 0.29) is 12.2 Å². The van der Waals surface area contributed by atoms with Gasteiger partial charge in [0, 0.05) is 32.5 Å². The molecule has 0 radical (unpaired) electrons. The summed E-state index contributed by atoms with van der Waals surface area (Å²) in [6.07, 6.45) is 4.15. The lowest BCUT2D eigenvalue weighted by Gasteiger charge is -2.38. The molecular formula is C12H20N2O2. The van der Waals surface area contributed by atoms with E-state index < -0.39 is 5.60 Å². The van der Waals surface area contributed by atoms with Gasteiger partial charge in [0.05, 0.1) is 23.5 Å². The van der Waals surface area contributed by atoms with Crippen molar-refractivity contribution in [1.82, 2.24) is 9.78 Å². The van der Waals surface area contributed by atoms with Crippen LogP contribution in [0.15, 0.2) is 12.3 Å². The summed E-state index contributed by atoms with van der Waals surface area (Å²) in [6.45, 7) is 4.03. The smallest absolute Gasteiger partial charge is 0.0752 e. The van der Waals surface area contributed by atoms with Crippen LogP contribution in [-0.2, 0) is 18.2 Å². The van der Waals surface area contributed by atoms with Gasteiger partial charge < -0.3 is 9.84 Å². The Morgan fingerprint density at radius 2 is 2.12 bits per heavy atom. The number of hydrogen-bond acceptors (Lipinski definition) is 3. The predicted molar refractivity (Wildman–Crippen MR) is 61.1 cm³/mol. The highest BCUT2D eigenvalue weighted by Crippen LogP contribution is 2.31. The summed E-state index contributed by atoms with van der Waals surface area (Å²) in [6, 6.07) is 1.96. The zero-order valence-corrected chi connectivity index (χ0v) is 10.2. The summed E-state index contributed by atoms with van der Waals surface area (Å²) in [7, 11) is 1.89. The molecule has 1 N–H and O–H groups in total. The quantitative estimate of drug-likeness (QED) is 0.823. The first kappa shape index (κ1) is 11.6. The van der Waals surface area contributed by atoms with Gasteiger partial charge in [-0.25, -0.2) is 0 Å². The summed E-state index contributed by atoms with van der Waals surface area (Å²) in [4.78, 5) is 0. The molecule has 1 aliphatic heterocycles. The van der Waals surface area contributed by atoms with E-state index in [0.29, 0.717) is 19.3 Å². The van der Waals surface area contributed by atoms with Crippen molar-refractivity contribution in [3.8, 4) is 0 Å². The summed E-state index contributed by atoms with van der Waals surface area (Å²) in [5.41, 5.74) is 0.289. The van der Waals surface area contributed by atoms with Gasteiger partial charge in [-0.1, -0.05) is 0 Å². The van der Waals surface area contributed by atoms with Crippen molar-refractivity contribution in [2.24, 2.45) is 7.05 Å². The van der Waals surface area contributed by atoms with Gasteiger partial charge in [-0.3, -0.25) is 4.68 Å². The highest BCUT2D eigenvalue weighted by atomic mass is 16.5. The Bertz CT molecular complexity index is 352. The SMILES string of the molecule is CC1CC(O)(Cc2ccn(C)n2)CC(C)O1. The van der Waals surface area contributed by atoms with Crippen molar-refractivity contribution in [2.45, 2.75) is 50.9 Å². The van der Waals surface area contributed by atoms with E-state index in [2.05, 4.69) is 5.10 Å². The van der Waals surface area contributed by atoms with Crippen LogP contribution < -0.4 is 0 Å². The lowest BCUT2D eigenvalue weighted by Crippen LogP contribution is -2.45. The molecule has 0 bridgehead atoms. The molecule has 90 valence electrons. The molecule has 0 spiro atoms. The second-order valence-electron chi connectivity index (χ2n) is 5.05. The number of aromatic nitrogens is 2. The standard InChI is InChI=1S/C12H20N2O2/c1-9-6-12(15,7-10(2)16-9)8-11-4-5-14(3)13-11/h4-5,9-10,15H,6-8H2,1-3H3. The number of nitrogens with zero attached hydrogens (tertiary/aromatic N) is 2. The highest BCUT2D eigenvalue weighted by molar-refractivity contribution is 5.05. The van der Waals surface area contributed by atoms with Gasteiger partial charge in [0.2, 0.25) is 0 Å². The molecule has 1 fully saturated rings. The van der Waals surface area contributed by atoms with E-state index in [0.717, 1.165) is 5.69 Å². The van der Waals surface area contributed by atoms with Gasteiger partial charge in [0.25, 0.3) is 0 Å². The van der Waals surface area contributed by atoms with E-state index in [1.54, 1.807) is 4.68 Å². The predicted octanol–water partition coefficient (Wildman–Crippen LogP) is 1.28. The molecule has 2 unspecified atom stereocenters. The minimum absolute atomic E-state index is 0.123. The Balaban J connectivity index is 2.07. The van der Waals surface area contributed by atoms with E-state index in [1.807, 2.05) is 33.2 Å². The van der Waals surface area contributed by atoms with E-state index in [1.165, 1.54) is 0 Å².